The van der Waals surface area contributed by atoms with E-state index < -0.39 is 29.1 Å². The van der Waals surface area contributed by atoms with Gasteiger partial charge in [-0.05, 0) is 81.2 Å². The molecule has 0 spiro atoms. The van der Waals surface area contributed by atoms with E-state index in [4.69, 9.17) is 38.0 Å². The monoisotopic (exact) mass is 860 g/mol. The third-order valence-corrected chi connectivity index (χ3v) is 13.6. The van der Waals surface area contributed by atoms with Crippen molar-refractivity contribution in [1.82, 2.24) is 24.3 Å². The van der Waals surface area contributed by atoms with Gasteiger partial charge in [-0.3, -0.25) is 29.2 Å². The summed E-state index contributed by atoms with van der Waals surface area (Å²) in [6.07, 6.45) is 9.69. The van der Waals surface area contributed by atoms with Crippen molar-refractivity contribution >= 4 is 58.6 Å². The first-order chi connectivity index (χ1) is 28.7. The van der Waals surface area contributed by atoms with Gasteiger partial charge in [0, 0.05) is 74.3 Å². The summed E-state index contributed by atoms with van der Waals surface area (Å²) in [6.45, 7) is 5.81. The van der Waals surface area contributed by atoms with Gasteiger partial charge < -0.3 is 24.8 Å². The summed E-state index contributed by atoms with van der Waals surface area (Å²) >= 11 is 13.9. The van der Waals surface area contributed by atoms with E-state index in [1.165, 1.54) is 25.4 Å². The Bertz CT molecular complexity index is 2320. The van der Waals surface area contributed by atoms with Crippen LogP contribution in [-0.4, -0.2) is 85.7 Å². The Hall–Kier alpha value is -4.82. The summed E-state index contributed by atoms with van der Waals surface area (Å²) < 4.78 is 23.3. The van der Waals surface area contributed by atoms with Crippen molar-refractivity contribution in [1.29, 1.82) is 0 Å². The van der Waals surface area contributed by atoms with Crippen molar-refractivity contribution < 1.29 is 33.7 Å². The van der Waals surface area contributed by atoms with Crippen LogP contribution >= 0.6 is 23.2 Å². The van der Waals surface area contributed by atoms with Crippen LogP contribution in [0.4, 0.5) is 10.1 Å². The number of nitrogens with one attached hydrogen (secondary N) is 1. The summed E-state index contributed by atoms with van der Waals surface area (Å²) in [5.74, 6) is -1.86. The van der Waals surface area contributed by atoms with Gasteiger partial charge in [-0.15, -0.1) is 0 Å². The van der Waals surface area contributed by atoms with Crippen LogP contribution in [0.25, 0.3) is 23.0 Å². The Balaban J connectivity index is 1.03. The largest absolute Gasteiger partial charge is 0.496 e. The number of hydrogen-bond acceptors (Lipinski definition) is 8. The number of methoxy groups -OCH3 is 1. The summed E-state index contributed by atoms with van der Waals surface area (Å²) in [5, 5.41) is 22.4. The first-order valence-corrected chi connectivity index (χ1v) is 21.2. The Kier molecular flexibility index (Phi) is 13.0. The molecule has 2 bridgehead atoms. The number of carboxylic acids is 2. The number of fused-ring (bicyclic) bond motifs is 3. The number of benzene rings is 2. The average Bonchev–Trinajstić information content (AvgIpc) is 3.92. The molecule has 7 rings (SSSR count). The molecule has 0 unspecified atom stereocenters. The highest BCUT2D eigenvalue weighted by Gasteiger charge is 2.57. The molecule has 2 aliphatic carbocycles. The van der Waals surface area contributed by atoms with Crippen molar-refractivity contribution in [3.05, 3.63) is 92.7 Å². The highest BCUT2D eigenvalue weighted by molar-refractivity contribution is 6.39. The summed E-state index contributed by atoms with van der Waals surface area (Å²) in [5.41, 5.74) is 4.05. The number of amides is 1. The van der Waals surface area contributed by atoms with Gasteiger partial charge in [0.15, 0.2) is 5.82 Å². The fraction of sp³-hybridized carbons (Fsp3) is 0.444. The number of carboxylic acid groups (broad SMARTS) is 2. The molecule has 1 aliphatic heterocycles. The third kappa shape index (κ3) is 8.95. The zero-order valence-electron chi connectivity index (χ0n) is 34.2. The van der Waals surface area contributed by atoms with E-state index in [9.17, 15) is 19.5 Å². The average molecular weight is 862 g/mol. The molecule has 0 saturated heterocycles. The summed E-state index contributed by atoms with van der Waals surface area (Å²) in [7, 11) is 3.34. The van der Waals surface area contributed by atoms with Crippen LogP contribution in [0.3, 0.4) is 0 Å². The standard InChI is InChI=1S/C45H51Cl2FN6O6/c1-4-18-53(20-12-38(55)56)25-29-24-49-34(23-37(29)60-3)32(48)22-28-7-5-8-30(39(28)46)31-9-6-10-33(40(31)47)51-42(57)41-50-35-26-54(19-11-36(35)52(41)2)21-17-44-13-15-45(27-44,16-14-44)43(58)59/h5-10,22-24H,4,11-21,25-27H2,1-3H3,(H,51,57)(H,55,56)(H,58,59)/b32-22-. The van der Waals surface area contributed by atoms with Crippen LogP contribution < -0.4 is 10.1 Å². The molecule has 4 aromatic rings. The molecule has 0 atom stereocenters. The zero-order chi connectivity index (χ0) is 42.8. The van der Waals surface area contributed by atoms with Crippen LogP contribution in [0.5, 0.6) is 5.75 Å². The van der Waals surface area contributed by atoms with Gasteiger partial charge in [-0.1, -0.05) is 60.5 Å². The Morgan fingerprint density at radius 3 is 2.47 bits per heavy atom. The topological polar surface area (TPSA) is 150 Å². The van der Waals surface area contributed by atoms with Gasteiger partial charge in [0.25, 0.3) is 5.91 Å². The second-order valence-electron chi connectivity index (χ2n) is 16.5. The number of aliphatic carboxylic acids is 2. The van der Waals surface area contributed by atoms with Crippen LogP contribution in [-0.2, 0) is 36.1 Å². The minimum Gasteiger partial charge on any atom is -0.496 e. The van der Waals surface area contributed by atoms with Crippen molar-refractivity contribution in [3.63, 3.8) is 0 Å². The number of anilines is 1. The molecular formula is C45H51Cl2FN6O6. The van der Waals surface area contributed by atoms with Gasteiger partial charge in [0.05, 0.1) is 40.4 Å². The molecule has 12 nitrogen and oxygen atoms in total. The number of nitrogens with zero attached hydrogens (tertiary/aromatic N) is 5. The number of imidazole rings is 1. The lowest BCUT2D eigenvalue weighted by molar-refractivity contribution is -0.148. The van der Waals surface area contributed by atoms with E-state index in [0.29, 0.717) is 59.9 Å². The smallest absolute Gasteiger partial charge is 0.309 e. The van der Waals surface area contributed by atoms with E-state index in [1.807, 2.05) is 23.4 Å². The maximum atomic E-state index is 15.8. The van der Waals surface area contributed by atoms with E-state index in [1.54, 1.807) is 36.4 Å². The lowest BCUT2D eigenvalue weighted by atomic mass is 9.80. The number of hydrogen-bond donors (Lipinski definition) is 3. The van der Waals surface area contributed by atoms with Crippen molar-refractivity contribution in [2.45, 2.75) is 77.8 Å². The van der Waals surface area contributed by atoms with Gasteiger partial charge >= 0.3 is 11.9 Å². The second kappa shape index (κ2) is 18.0. The number of halogens is 3. The van der Waals surface area contributed by atoms with E-state index in [0.717, 1.165) is 75.8 Å². The molecule has 318 valence electrons. The summed E-state index contributed by atoms with van der Waals surface area (Å²) in [6, 6.07) is 11.9. The molecule has 3 heterocycles. The lowest BCUT2D eigenvalue weighted by Crippen LogP contribution is -2.34. The number of aromatic nitrogens is 3. The quantitative estimate of drug-likeness (QED) is 0.0939. The normalized spacial score (nSPS) is 20.1. The van der Waals surface area contributed by atoms with E-state index in [-0.39, 0.29) is 33.4 Å². The first kappa shape index (κ1) is 43.3. The second-order valence-corrected chi connectivity index (χ2v) is 17.3. The molecule has 2 fully saturated rings. The molecule has 2 saturated carbocycles. The van der Waals surface area contributed by atoms with Gasteiger partial charge in [0.1, 0.15) is 17.3 Å². The number of rotatable bonds is 17. The SMILES string of the molecule is CCCN(CCC(=O)O)Cc1cnc(/C(F)=C/c2cccc(-c3cccc(NC(=O)c4nc5c(n4C)CCN(CCC46CCC(C(=O)O)(CC4)C6)C5)c3Cl)c2Cl)cc1OC. The minimum absolute atomic E-state index is 0.00406. The van der Waals surface area contributed by atoms with Crippen molar-refractivity contribution in [3.8, 4) is 16.9 Å². The first-order valence-electron chi connectivity index (χ1n) is 20.5. The number of ether oxygens (including phenoxy) is 1. The van der Waals surface area contributed by atoms with E-state index >= 15 is 4.39 Å². The molecule has 1 amide bonds. The Morgan fingerprint density at radius 2 is 1.78 bits per heavy atom. The lowest BCUT2D eigenvalue weighted by Gasteiger charge is -2.32. The molecule has 3 N–H and O–H groups in total. The molecular weight excluding hydrogens is 810 g/mol. The highest BCUT2D eigenvalue weighted by atomic mass is 35.5. The number of carbonyl (C=O) groups excluding carboxylic acids is 1. The maximum absolute atomic E-state index is 15.8. The minimum atomic E-state index is -0.877. The fourth-order valence-electron chi connectivity index (χ4n) is 9.41. The molecule has 60 heavy (non-hydrogen) atoms. The molecule has 0 radical (unpaired) electrons. The van der Waals surface area contributed by atoms with Crippen LogP contribution in [0.1, 0.15) is 97.1 Å². The number of pyridine rings is 1. The predicted molar refractivity (Wildman–Crippen MR) is 230 cm³/mol. The Labute approximate surface area is 359 Å². The van der Waals surface area contributed by atoms with Crippen molar-refractivity contribution in [2.75, 3.05) is 38.6 Å². The molecule has 2 aromatic carbocycles. The van der Waals surface area contributed by atoms with Crippen molar-refractivity contribution in [2.24, 2.45) is 17.9 Å². The maximum Gasteiger partial charge on any atom is 0.309 e. The molecule has 3 aliphatic rings. The number of carbonyl (C=O) groups is 3. The predicted octanol–water partition coefficient (Wildman–Crippen LogP) is 8.99. The van der Waals surface area contributed by atoms with Gasteiger partial charge in [-0.25, -0.2) is 9.37 Å². The Morgan fingerprint density at radius 1 is 1.05 bits per heavy atom. The van der Waals surface area contributed by atoms with Gasteiger partial charge in [0.2, 0.25) is 0 Å². The van der Waals surface area contributed by atoms with Crippen LogP contribution in [0.15, 0.2) is 48.7 Å². The molecule has 2 aromatic heterocycles. The van der Waals surface area contributed by atoms with Crippen LogP contribution in [0.2, 0.25) is 10.0 Å². The van der Waals surface area contributed by atoms with Crippen LogP contribution in [0, 0.1) is 10.8 Å². The van der Waals surface area contributed by atoms with Gasteiger partial charge in [-0.2, -0.15) is 0 Å². The third-order valence-electron chi connectivity index (χ3n) is 12.8. The molecule has 15 heteroatoms. The fourth-order valence-corrected chi connectivity index (χ4v) is 9.97. The zero-order valence-corrected chi connectivity index (χ0v) is 35.7. The highest BCUT2D eigenvalue weighted by Crippen LogP contribution is 2.63. The summed E-state index contributed by atoms with van der Waals surface area (Å²) in [4.78, 5) is 50.4. The van der Waals surface area contributed by atoms with E-state index in [2.05, 4.69) is 15.2 Å².